The number of anilines is 1. The van der Waals surface area contributed by atoms with Gasteiger partial charge in [0.2, 0.25) is 5.91 Å². The molecule has 0 radical (unpaired) electrons. The number of hydrogen-bond donors (Lipinski definition) is 3. The van der Waals surface area contributed by atoms with Gasteiger partial charge in [0.25, 0.3) is 0 Å². The first-order valence-corrected chi connectivity index (χ1v) is 8.91. The summed E-state index contributed by atoms with van der Waals surface area (Å²) in [5, 5.41) is 7.57. The Bertz CT molecular complexity index is 936. The second-order valence-corrected chi connectivity index (χ2v) is 6.81. The maximum absolute atomic E-state index is 12.6. The van der Waals surface area contributed by atoms with Crippen molar-refractivity contribution in [2.45, 2.75) is 12.5 Å². The Morgan fingerprint density at radius 3 is 2.38 bits per heavy atom. The molecule has 3 aromatic rings. The van der Waals surface area contributed by atoms with E-state index >= 15 is 0 Å². The molecule has 0 aliphatic rings. The van der Waals surface area contributed by atoms with E-state index in [4.69, 9.17) is 5.73 Å². The van der Waals surface area contributed by atoms with Crippen molar-refractivity contribution in [1.29, 1.82) is 0 Å². The van der Waals surface area contributed by atoms with Gasteiger partial charge in [-0.1, -0.05) is 64.5 Å². The Kier molecular flexibility index (Phi) is 5.53. The van der Waals surface area contributed by atoms with Gasteiger partial charge in [0.05, 0.1) is 12.5 Å². The molecule has 1 atom stereocenters. The van der Waals surface area contributed by atoms with E-state index in [0.717, 1.165) is 26.5 Å². The van der Waals surface area contributed by atoms with E-state index in [-0.39, 0.29) is 12.3 Å². The fourth-order valence-corrected chi connectivity index (χ4v) is 3.10. The van der Waals surface area contributed by atoms with Crippen LogP contribution in [-0.4, -0.2) is 11.9 Å². The largest absolute Gasteiger partial charge is 0.352 e. The molecule has 0 spiro atoms. The van der Waals surface area contributed by atoms with Crippen molar-refractivity contribution in [3.05, 3.63) is 76.8 Å². The third-order valence-corrected chi connectivity index (χ3v) is 4.57. The zero-order chi connectivity index (χ0) is 18.5. The Labute approximate surface area is 159 Å². The zero-order valence-electron chi connectivity index (χ0n) is 13.9. The molecule has 132 valence electrons. The predicted octanol–water partition coefficient (Wildman–Crippen LogP) is 4.34. The molecule has 5 nitrogen and oxygen atoms in total. The summed E-state index contributed by atoms with van der Waals surface area (Å²) in [5.41, 5.74) is 6.82. The zero-order valence-corrected chi connectivity index (χ0v) is 15.5. The molecule has 0 aliphatic carbocycles. The number of hydrogen-bond acceptors (Lipinski definition) is 2. The summed E-state index contributed by atoms with van der Waals surface area (Å²) in [7, 11) is 0. The van der Waals surface area contributed by atoms with E-state index in [1.54, 1.807) is 0 Å². The van der Waals surface area contributed by atoms with E-state index in [9.17, 15) is 9.59 Å². The smallest absolute Gasteiger partial charge is 0.312 e. The van der Waals surface area contributed by atoms with Gasteiger partial charge in [0, 0.05) is 15.5 Å². The summed E-state index contributed by atoms with van der Waals surface area (Å²) in [6, 6.07) is 19.8. The van der Waals surface area contributed by atoms with Crippen molar-refractivity contribution in [2.75, 3.05) is 5.32 Å². The van der Waals surface area contributed by atoms with Gasteiger partial charge in [-0.2, -0.15) is 0 Å². The average molecular weight is 412 g/mol. The van der Waals surface area contributed by atoms with Crippen LogP contribution in [0.3, 0.4) is 0 Å². The Morgan fingerprint density at radius 1 is 0.962 bits per heavy atom. The van der Waals surface area contributed by atoms with Crippen LogP contribution in [0.2, 0.25) is 0 Å². The first-order valence-electron chi connectivity index (χ1n) is 8.12. The first kappa shape index (κ1) is 17.9. The molecular weight excluding hydrogens is 394 g/mol. The molecule has 6 heteroatoms. The number of benzene rings is 3. The molecule has 0 fully saturated rings. The Hall–Kier alpha value is -2.86. The highest BCUT2D eigenvalue weighted by Crippen LogP contribution is 2.25. The summed E-state index contributed by atoms with van der Waals surface area (Å²) in [6.45, 7) is 0. The highest BCUT2D eigenvalue weighted by molar-refractivity contribution is 9.10. The average Bonchev–Trinajstić information content (AvgIpc) is 2.62. The molecule has 3 rings (SSSR count). The van der Waals surface area contributed by atoms with E-state index in [1.165, 1.54) is 0 Å². The third-order valence-electron chi connectivity index (χ3n) is 4.04. The summed E-state index contributed by atoms with van der Waals surface area (Å²) < 4.78 is 0.916. The van der Waals surface area contributed by atoms with Crippen LogP contribution in [0.15, 0.2) is 71.2 Å². The molecule has 3 amide bonds. The van der Waals surface area contributed by atoms with Crippen molar-refractivity contribution in [3.8, 4) is 0 Å². The molecule has 0 aliphatic heterocycles. The number of carbonyl (C=O) groups excluding carboxylic acids is 2. The molecule has 4 N–H and O–H groups in total. The van der Waals surface area contributed by atoms with Crippen LogP contribution in [0.25, 0.3) is 10.8 Å². The minimum atomic E-state index is -0.670. The highest BCUT2D eigenvalue weighted by Gasteiger charge is 2.18. The number of halogens is 1. The molecule has 0 heterocycles. The Morgan fingerprint density at radius 2 is 1.65 bits per heavy atom. The maximum Gasteiger partial charge on any atom is 0.312 e. The molecule has 0 saturated heterocycles. The fourth-order valence-electron chi connectivity index (χ4n) is 2.84. The number of urea groups is 1. The van der Waals surface area contributed by atoms with Crippen LogP contribution in [0.4, 0.5) is 10.5 Å². The number of nitrogens with two attached hydrogens (primary N) is 1. The van der Waals surface area contributed by atoms with Gasteiger partial charge in [-0.15, -0.1) is 0 Å². The van der Waals surface area contributed by atoms with Crippen molar-refractivity contribution in [3.63, 3.8) is 0 Å². The lowest BCUT2D eigenvalue weighted by Gasteiger charge is -2.18. The standard InChI is InChI=1S/C20H18BrN3O2/c21-15-10-8-14(9-11-15)18(24-20(22)26)12-19(25)23-17-7-3-5-13-4-1-2-6-16(13)17/h1-11,18H,12H2,(H,23,25)(H3,22,24,26)/t18-/m0/s1. The lowest BCUT2D eigenvalue weighted by atomic mass is 10.0. The van der Waals surface area contributed by atoms with Crippen LogP contribution < -0.4 is 16.4 Å². The van der Waals surface area contributed by atoms with Gasteiger partial charge in [-0.3, -0.25) is 4.79 Å². The third kappa shape index (κ3) is 4.40. The van der Waals surface area contributed by atoms with Crippen LogP contribution >= 0.6 is 15.9 Å². The van der Waals surface area contributed by atoms with E-state index < -0.39 is 12.1 Å². The molecule has 26 heavy (non-hydrogen) atoms. The van der Waals surface area contributed by atoms with Gasteiger partial charge in [0.1, 0.15) is 0 Å². The molecule has 0 saturated carbocycles. The van der Waals surface area contributed by atoms with Gasteiger partial charge >= 0.3 is 6.03 Å². The lowest BCUT2D eigenvalue weighted by Crippen LogP contribution is -2.35. The normalized spacial score (nSPS) is 11.7. The molecular formula is C20H18BrN3O2. The fraction of sp³-hybridized carbons (Fsp3) is 0.100. The van der Waals surface area contributed by atoms with Crippen LogP contribution in [-0.2, 0) is 4.79 Å². The second kappa shape index (κ2) is 8.01. The van der Waals surface area contributed by atoms with Crippen molar-refractivity contribution in [1.82, 2.24) is 5.32 Å². The van der Waals surface area contributed by atoms with Gasteiger partial charge < -0.3 is 16.4 Å². The molecule has 0 aromatic heterocycles. The minimum Gasteiger partial charge on any atom is -0.352 e. The number of carbonyl (C=O) groups is 2. The molecule has 0 bridgehead atoms. The predicted molar refractivity (Wildman–Crippen MR) is 107 cm³/mol. The maximum atomic E-state index is 12.6. The summed E-state index contributed by atoms with van der Waals surface area (Å²) in [6.07, 6.45) is 0.0772. The van der Waals surface area contributed by atoms with Gasteiger partial charge in [-0.05, 0) is 29.1 Å². The quantitative estimate of drug-likeness (QED) is 0.583. The molecule has 0 unspecified atom stereocenters. The van der Waals surface area contributed by atoms with Crippen LogP contribution in [0.1, 0.15) is 18.0 Å². The van der Waals surface area contributed by atoms with Gasteiger partial charge in [-0.25, -0.2) is 4.79 Å². The van der Waals surface area contributed by atoms with Crippen LogP contribution in [0.5, 0.6) is 0 Å². The van der Waals surface area contributed by atoms with Crippen LogP contribution in [0, 0.1) is 0 Å². The van der Waals surface area contributed by atoms with E-state index in [2.05, 4.69) is 26.6 Å². The number of rotatable bonds is 5. The van der Waals surface area contributed by atoms with E-state index in [1.807, 2.05) is 66.7 Å². The van der Waals surface area contributed by atoms with Crippen molar-refractivity contribution in [2.24, 2.45) is 5.73 Å². The van der Waals surface area contributed by atoms with Gasteiger partial charge in [0.15, 0.2) is 0 Å². The first-order chi connectivity index (χ1) is 12.5. The Balaban J connectivity index is 1.79. The lowest BCUT2D eigenvalue weighted by molar-refractivity contribution is -0.116. The summed E-state index contributed by atoms with van der Waals surface area (Å²) >= 11 is 3.37. The summed E-state index contributed by atoms with van der Waals surface area (Å²) in [4.78, 5) is 23.9. The SMILES string of the molecule is NC(=O)N[C@@H](CC(=O)Nc1cccc2ccccc12)c1ccc(Br)cc1. The van der Waals surface area contributed by atoms with Crippen molar-refractivity contribution >= 4 is 44.3 Å². The second-order valence-electron chi connectivity index (χ2n) is 5.89. The van der Waals surface area contributed by atoms with Crippen molar-refractivity contribution < 1.29 is 9.59 Å². The summed E-state index contributed by atoms with van der Waals surface area (Å²) in [5.74, 6) is -0.206. The molecule has 3 aromatic carbocycles. The number of nitrogens with one attached hydrogen (secondary N) is 2. The van der Waals surface area contributed by atoms with E-state index in [0.29, 0.717) is 0 Å². The number of amides is 3. The number of primary amides is 1. The minimum absolute atomic E-state index is 0.0772. The monoisotopic (exact) mass is 411 g/mol. The highest BCUT2D eigenvalue weighted by atomic mass is 79.9. The number of fused-ring (bicyclic) bond motifs is 1. The topological polar surface area (TPSA) is 84.2 Å².